The quantitative estimate of drug-likeness (QED) is 0.874. The maximum Gasteiger partial charge on any atom is 0.335 e. The highest BCUT2D eigenvalue weighted by Gasteiger charge is 2.07. The van der Waals surface area contributed by atoms with E-state index in [1.54, 1.807) is 12.1 Å². The molecule has 0 aliphatic heterocycles. The number of hydrogen-bond donors (Lipinski definition) is 2. The van der Waals surface area contributed by atoms with Crippen LogP contribution in [-0.4, -0.2) is 17.0 Å². The fourth-order valence-electron chi connectivity index (χ4n) is 1.59. The Balaban J connectivity index is 2.03. The van der Waals surface area contributed by atoms with E-state index in [0.717, 1.165) is 12.3 Å². The van der Waals surface area contributed by atoms with Crippen LogP contribution >= 0.6 is 0 Å². The van der Waals surface area contributed by atoms with E-state index in [1.807, 2.05) is 0 Å². The molecule has 0 bridgehead atoms. The number of aromatic carboxylic acids is 1. The summed E-state index contributed by atoms with van der Waals surface area (Å²) in [5, 5.41) is 11.5. The Morgan fingerprint density at radius 2 is 1.95 bits per heavy atom. The summed E-state index contributed by atoms with van der Waals surface area (Å²) >= 11 is 0. The lowest BCUT2D eigenvalue weighted by Crippen LogP contribution is -2.23. The van der Waals surface area contributed by atoms with Gasteiger partial charge in [0.25, 0.3) is 5.91 Å². The van der Waals surface area contributed by atoms with Gasteiger partial charge in [-0.1, -0.05) is 12.1 Å². The van der Waals surface area contributed by atoms with Crippen molar-refractivity contribution in [1.29, 1.82) is 0 Å². The van der Waals surface area contributed by atoms with Crippen molar-refractivity contribution in [2.75, 3.05) is 0 Å². The van der Waals surface area contributed by atoms with E-state index < -0.39 is 17.5 Å². The average molecular weight is 273 g/mol. The first kappa shape index (κ1) is 13.5. The highest BCUT2D eigenvalue weighted by molar-refractivity contribution is 5.93. The van der Waals surface area contributed by atoms with E-state index in [4.69, 9.17) is 5.11 Å². The van der Waals surface area contributed by atoms with Gasteiger partial charge in [-0.3, -0.25) is 4.79 Å². The number of benzene rings is 1. The molecule has 0 aliphatic rings. The Morgan fingerprint density at radius 1 is 1.15 bits per heavy atom. The summed E-state index contributed by atoms with van der Waals surface area (Å²) < 4.78 is 4.59. The second-order valence-corrected chi connectivity index (χ2v) is 4.03. The molecule has 2 aromatic rings. The number of carboxylic acid groups (broad SMARTS) is 1. The van der Waals surface area contributed by atoms with Crippen molar-refractivity contribution < 1.29 is 19.1 Å². The summed E-state index contributed by atoms with van der Waals surface area (Å²) in [6, 6.07) is 8.77. The van der Waals surface area contributed by atoms with Crippen molar-refractivity contribution in [2.45, 2.75) is 6.54 Å². The smallest absolute Gasteiger partial charge is 0.335 e. The number of amides is 1. The predicted octanol–water partition coefficient (Wildman–Crippen LogP) is 1.27. The van der Waals surface area contributed by atoms with Gasteiger partial charge in [0, 0.05) is 12.6 Å². The van der Waals surface area contributed by atoms with Crippen molar-refractivity contribution in [3.8, 4) is 0 Å². The highest BCUT2D eigenvalue weighted by atomic mass is 16.4. The molecule has 0 atom stereocenters. The molecule has 1 amide bonds. The molecule has 20 heavy (non-hydrogen) atoms. The van der Waals surface area contributed by atoms with Crippen molar-refractivity contribution in [3.63, 3.8) is 0 Å². The zero-order valence-corrected chi connectivity index (χ0v) is 10.3. The Labute approximate surface area is 113 Å². The van der Waals surface area contributed by atoms with Gasteiger partial charge >= 0.3 is 11.6 Å². The molecule has 2 rings (SSSR count). The van der Waals surface area contributed by atoms with Gasteiger partial charge in [0.05, 0.1) is 11.1 Å². The number of nitrogens with one attached hydrogen (secondary N) is 1. The maximum absolute atomic E-state index is 11.8. The van der Waals surface area contributed by atoms with Gasteiger partial charge in [-0.2, -0.15) is 0 Å². The van der Waals surface area contributed by atoms with Crippen LogP contribution in [0.2, 0.25) is 0 Å². The number of hydrogen-bond acceptors (Lipinski definition) is 4. The van der Waals surface area contributed by atoms with Crippen LogP contribution in [0.1, 0.15) is 26.3 Å². The van der Waals surface area contributed by atoms with Crippen molar-refractivity contribution >= 4 is 11.9 Å². The van der Waals surface area contributed by atoms with Crippen molar-refractivity contribution in [1.82, 2.24) is 5.32 Å². The van der Waals surface area contributed by atoms with Gasteiger partial charge in [0.1, 0.15) is 6.26 Å². The van der Waals surface area contributed by atoms with Crippen LogP contribution in [0.15, 0.2) is 51.9 Å². The van der Waals surface area contributed by atoms with Gasteiger partial charge < -0.3 is 14.8 Å². The van der Waals surface area contributed by atoms with Crippen LogP contribution in [0.25, 0.3) is 0 Å². The Kier molecular flexibility index (Phi) is 3.95. The first-order chi connectivity index (χ1) is 9.56. The van der Waals surface area contributed by atoms with Crippen LogP contribution < -0.4 is 10.9 Å². The van der Waals surface area contributed by atoms with E-state index >= 15 is 0 Å². The van der Waals surface area contributed by atoms with Gasteiger partial charge in [-0.25, -0.2) is 9.59 Å². The molecular weight excluding hydrogens is 262 g/mol. The summed E-state index contributed by atoms with van der Waals surface area (Å²) in [5.74, 6) is -1.43. The van der Waals surface area contributed by atoms with E-state index in [2.05, 4.69) is 9.73 Å². The minimum atomic E-state index is -1.02. The molecule has 0 saturated heterocycles. The molecule has 0 fully saturated rings. The van der Waals surface area contributed by atoms with Gasteiger partial charge in [0.15, 0.2) is 0 Å². The SMILES string of the molecule is O=C(O)c1cccc(CNC(=O)c2ccc(=O)oc2)c1. The molecule has 0 radical (unpaired) electrons. The molecule has 1 heterocycles. The number of carbonyl (C=O) groups is 2. The Bertz CT molecular complexity index is 684. The minimum Gasteiger partial charge on any atom is -0.478 e. The summed E-state index contributed by atoms with van der Waals surface area (Å²) in [7, 11) is 0. The molecule has 0 saturated carbocycles. The second kappa shape index (κ2) is 5.83. The summed E-state index contributed by atoms with van der Waals surface area (Å²) in [6.45, 7) is 0.180. The molecule has 1 aromatic carbocycles. The number of rotatable bonds is 4. The maximum atomic E-state index is 11.8. The molecule has 6 heteroatoms. The third-order valence-electron chi connectivity index (χ3n) is 2.59. The zero-order chi connectivity index (χ0) is 14.5. The lowest BCUT2D eigenvalue weighted by Gasteiger charge is -2.05. The Hall–Kier alpha value is -2.89. The summed E-state index contributed by atoms with van der Waals surface area (Å²) in [6.07, 6.45) is 1.07. The standard InChI is InChI=1S/C14H11NO5/c16-12-5-4-11(8-20-12)13(17)15-7-9-2-1-3-10(6-9)14(18)19/h1-6,8H,7H2,(H,15,17)(H,18,19). The lowest BCUT2D eigenvalue weighted by atomic mass is 10.1. The van der Waals surface area contributed by atoms with Gasteiger partial charge in [-0.05, 0) is 23.8 Å². The van der Waals surface area contributed by atoms with Crippen LogP contribution in [0, 0.1) is 0 Å². The number of carbonyl (C=O) groups excluding carboxylic acids is 1. The van der Waals surface area contributed by atoms with E-state index in [-0.39, 0.29) is 17.7 Å². The molecule has 1 aromatic heterocycles. The van der Waals surface area contributed by atoms with Crippen molar-refractivity contribution in [3.05, 3.63) is 69.8 Å². The molecule has 0 aliphatic carbocycles. The number of carboxylic acids is 1. The third kappa shape index (κ3) is 3.32. The van der Waals surface area contributed by atoms with Gasteiger partial charge in [0.2, 0.25) is 0 Å². The van der Waals surface area contributed by atoms with E-state index in [0.29, 0.717) is 5.56 Å². The predicted molar refractivity (Wildman–Crippen MR) is 69.5 cm³/mol. The summed E-state index contributed by atoms with van der Waals surface area (Å²) in [5.41, 5.74) is 0.507. The average Bonchev–Trinajstić information content (AvgIpc) is 2.46. The van der Waals surface area contributed by atoms with E-state index in [1.165, 1.54) is 18.2 Å². The van der Waals surface area contributed by atoms with Crippen LogP contribution in [0.5, 0.6) is 0 Å². The van der Waals surface area contributed by atoms with Gasteiger partial charge in [-0.15, -0.1) is 0 Å². The Morgan fingerprint density at radius 3 is 2.60 bits per heavy atom. The largest absolute Gasteiger partial charge is 0.478 e. The first-order valence-electron chi connectivity index (χ1n) is 5.75. The lowest BCUT2D eigenvalue weighted by molar-refractivity contribution is 0.0696. The van der Waals surface area contributed by atoms with Crippen LogP contribution in [-0.2, 0) is 6.54 Å². The molecule has 6 nitrogen and oxygen atoms in total. The second-order valence-electron chi connectivity index (χ2n) is 4.03. The molecule has 102 valence electrons. The third-order valence-corrected chi connectivity index (χ3v) is 2.59. The highest BCUT2D eigenvalue weighted by Crippen LogP contribution is 2.05. The fourth-order valence-corrected chi connectivity index (χ4v) is 1.59. The fraction of sp³-hybridized carbons (Fsp3) is 0.0714. The molecule has 2 N–H and O–H groups in total. The zero-order valence-electron chi connectivity index (χ0n) is 10.3. The van der Waals surface area contributed by atoms with Crippen LogP contribution in [0.4, 0.5) is 0 Å². The van der Waals surface area contributed by atoms with Crippen molar-refractivity contribution in [2.24, 2.45) is 0 Å². The topological polar surface area (TPSA) is 96.6 Å². The summed E-state index contributed by atoms with van der Waals surface area (Å²) in [4.78, 5) is 33.3. The minimum absolute atomic E-state index is 0.155. The molecular formula is C14H11NO5. The monoisotopic (exact) mass is 273 g/mol. The molecule has 0 spiro atoms. The van der Waals surface area contributed by atoms with E-state index in [9.17, 15) is 14.4 Å². The first-order valence-corrected chi connectivity index (χ1v) is 5.75. The normalized spacial score (nSPS) is 10.0. The van der Waals surface area contributed by atoms with Crippen LogP contribution in [0.3, 0.4) is 0 Å². The molecule has 0 unspecified atom stereocenters.